The summed E-state index contributed by atoms with van der Waals surface area (Å²) in [6.07, 6.45) is -3.63. The SMILES string of the molecule is Cc1nn(-c2ccccc2)c(C)c1NC(=O)Cn1cccc(C(F)(F)F)c1=O. The first kappa shape index (κ1) is 19.4. The molecule has 0 fully saturated rings. The van der Waals surface area contributed by atoms with E-state index < -0.39 is 29.8 Å². The van der Waals surface area contributed by atoms with Crippen LogP contribution < -0.4 is 10.9 Å². The van der Waals surface area contributed by atoms with E-state index in [1.54, 1.807) is 18.5 Å². The molecule has 0 aliphatic heterocycles. The van der Waals surface area contributed by atoms with Gasteiger partial charge < -0.3 is 9.88 Å². The Balaban J connectivity index is 1.84. The topological polar surface area (TPSA) is 68.9 Å². The molecule has 0 spiro atoms. The normalized spacial score (nSPS) is 11.5. The third-order valence-electron chi connectivity index (χ3n) is 4.20. The van der Waals surface area contributed by atoms with Gasteiger partial charge in [0.05, 0.1) is 22.8 Å². The summed E-state index contributed by atoms with van der Waals surface area (Å²) in [5, 5.41) is 7.03. The number of aromatic nitrogens is 3. The number of alkyl halides is 3. The number of aryl methyl sites for hydroxylation is 1. The first-order chi connectivity index (χ1) is 13.2. The van der Waals surface area contributed by atoms with E-state index in [9.17, 15) is 22.8 Å². The van der Waals surface area contributed by atoms with Crippen molar-refractivity contribution < 1.29 is 18.0 Å². The Labute approximate surface area is 158 Å². The molecule has 1 N–H and O–H groups in total. The average Bonchev–Trinajstić information content (AvgIpc) is 2.91. The van der Waals surface area contributed by atoms with Gasteiger partial charge >= 0.3 is 6.18 Å². The Morgan fingerprint density at radius 3 is 2.43 bits per heavy atom. The van der Waals surface area contributed by atoms with Crippen LogP contribution in [0.15, 0.2) is 53.5 Å². The van der Waals surface area contributed by atoms with Crippen molar-refractivity contribution in [1.82, 2.24) is 14.3 Å². The van der Waals surface area contributed by atoms with E-state index >= 15 is 0 Å². The van der Waals surface area contributed by atoms with Crippen LogP contribution in [0.1, 0.15) is 17.0 Å². The van der Waals surface area contributed by atoms with Crippen molar-refractivity contribution in [1.29, 1.82) is 0 Å². The number of para-hydroxylation sites is 1. The number of nitrogens with one attached hydrogen (secondary N) is 1. The summed E-state index contributed by atoms with van der Waals surface area (Å²) in [6.45, 7) is 2.93. The fourth-order valence-electron chi connectivity index (χ4n) is 2.85. The predicted octanol–water partition coefficient (Wildman–Crippen LogP) is 3.31. The smallest absolute Gasteiger partial charge is 0.321 e. The molecule has 28 heavy (non-hydrogen) atoms. The van der Waals surface area contributed by atoms with Crippen molar-refractivity contribution in [3.8, 4) is 5.69 Å². The van der Waals surface area contributed by atoms with Crippen molar-refractivity contribution in [3.63, 3.8) is 0 Å². The van der Waals surface area contributed by atoms with Gasteiger partial charge in [0.1, 0.15) is 12.1 Å². The van der Waals surface area contributed by atoms with Crippen LogP contribution in [0.5, 0.6) is 0 Å². The van der Waals surface area contributed by atoms with Gasteiger partial charge in [-0.15, -0.1) is 0 Å². The van der Waals surface area contributed by atoms with Crippen LogP contribution in [0.3, 0.4) is 0 Å². The van der Waals surface area contributed by atoms with Crippen LogP contribution in [0.4, 0.5) is 18.9 Å². The molecule has 1 amide bonds. The number of carbonyl (C=O) groups excluding carboxylic acids is 1. The third kappa shape index (κ3) is 3.83. The fourth-order valence-corrected chi connectivity index (χ4v) is 2.85. The molecule has 3 aromatic rings. The highest BCUT2D eigenvalue weighted by molar-refractivity contribution is 5.91. The number of hydrogen-bond donors (Lipinski definition) is 1. The molecule has 146 valence electrons. The number of hydrogen-bond acceptors (Lipinski definition) is 3. The summed E-state index contributed by atoms with van der Waals surface area (Å²) in [6, 6.07) is 11.1. The van der Waals surface area contributed by atoms with E-state index in [-0.39, 0.29) is 0 Å². The first-order valence-corrected chi connectivity index (χ1v) is 8.36. The lowest BCUT2D eigenvalue weighted by Gasteiger charge is -2.11. The highest BCUT2D eigenvalue weighted by Crippen LogP contribution is 2.26. The second kappa shape index (κ2) is 7.34. The molecule has 0 radical (unpaired) electrons. The van der Waals surface area contributed by atoms with E-state index in [1.165, 1.54) is 0 Å². The molecule has 0 saturated carbocycles. The van der Waals surface area contributed by atoms with Crippen molar-refractivity contribution in [2.75, 3.05) is 5.32 Å². The third-order valence-corrected chi connectivity index (χ3v) is 4.20. The monoisotopic (exact) mass is 390 g/mol. The maximum Gasteiger partial charge on any atom is 0.421 e. The lowest BCUT2D eigenvalue weighted by atomic mass is 10.2. The minimum Gasteiger partial charge on any atom is -0.321 e. The van der Waals surface area contributed by atoms with Gasteiger partial charge in [0.2, 0.25) is 5.91 Å². The zero-order valence-electron chi connectivity index (χ0n) is 15.1. The quantitative estimate of drug-likeness (QED) is 0.743. The summed E-state index contributed by atoms with van der Waals surface area (Å²) in [5.74, 6) is -0.625. The molecular weight excluding hydrogens is 373 g/mol. The zero-order valence-corrected chi connectivity index (χ0v) is 15.1. The Morgan fingerprint density at radius 2 is 1.79 bits per heavy atom. The van der Waals surface area contributed by atoms with Gasteiger partial charge in [-0.25, -0.2) is 4.68 Å². The van der Waals surface area contributed by atoms with E-state index in [2.05, 4.69) is 10.4 Å². The summed E-state index contributed by atoms with van der Waals surface area (Å²) in [7, 11) is 0. The lowest BCUT2D eigenvalue weighted by Crippen LogP contribution is -2.32. The largest absolute Gasteiger partial charge is 0.421 e. The van der Waals surface area contributed by atoms with Crippen molar-refractivity contribution >= 4 is 11.6 Å². The summed E-state index contributed by atoms with van der Waals surface area (Å²) in [5.41, 5.74) is -0.114. The molecule has 0 atom stereocenters. The van der Waals surface area contributed by atoms with Gasteiger partial charge in [-0.2, -0.15) is 18.3 Å². The molecular formula is C19H17F3N4O2. The Hall–Kier alpha value is -3.36. The van der Waals surface area contributed by atoms with E-state index in [0.29, 0.717) is 23.1 Å². The number of carbonyl (C=O) groups is 1. The summed E-state index contributed by atoms with van der Waals surface area (Å²) < 4.78 is 41.0. The van der Waals surface area contributed by atoms with E-state index in [1.807, 2.05) is 30.3 Å². The van der Waals surface area contributed by atoms with Crippen LogP contribution in [-0.2, 0) is 17.5 Å². The molecule has 0 bridgehead atoms. The van der Waals surface area contributed by atoms with Gasteiger partial charge in [0.15, 0.2) is 0 Å². The van der Waals surface area contributed by atoms with E-state index in [0.717, 1.165) is 22.5 Å². The van der Waals surface area contributed by atoms with Gasteiger partial charge in [-0.1, -0.05) is 18.2 Å². The Morgan fingerprint density at radius 1 is 1.11 bits per heavy atom. The van der Waals surface area contributed by atoms with Gasteiger partial charge in [0.25, 0.3) is 5.56 Å². The lowest BCUT2D eigenvalue weighted by molar-refractivity contribution is -0.139. The number of pyridine rings is 1. The van der Waals surface area contributed by atoms with Crippen molar-refractivity contribution in [2.24, 2.45) is 0 Å². The van der Waals surface area contributed by atoms with E-state index in [4.69, 9.17) is 0 Å². The number of amides is 1. The molecule has 3 rings (SSSR count). The van der Waals surface area contributed by atoms with Crippen LogP contribution in [0, 0.1) is 13.8 Å². The molecule has 0 saturated heterocycles. The highest BCUT2D eigenvalue weighted by Gasteiger charge is 2.34. The molecule has 2 heterocycles. The molecule has 2 aromatic heterocycles. The number of halogens is 3. The van der Waals surface area contributed by atoms with Crippen LogP contribution in [0.25, 0.3) is 5.69 Å². The molecule has 9 heteroatoms. The minimum absolute atomic E-state index is 0.453. The number of benzene rings is 1. The minimum atomic E-state index is -4.78. The predicted molar refractivity (Wildman–Crippen MR) is 97.4 cm³/mol. The summed E-state index contributed by atoms with van der Waals surface area (Å²) in [4.78, 5) is 24.3. The number of rotatable bonds is 4. The fraction of sp³-hybridized carbons (Fsp3) is 0.211. The maximum atomic E-state index is 12.9. The van der Waals surface area contributed by atoms with Gasteiger partial charge in [-0.3, -0.25) is 9.59 Å². The zero-order chi connectivity index (χ0) is 20.5. The average molecular weight is 390 g/mol. The standard InChI is InChI=1S/C19H17F3N4O2/c1-12-17(13(2)26(24-12)14-7-4-3-5-8-14)23-16(27)11-25-10-6-9-15(18(25)28)19(20,21)22/h3-10H,11H2,1-2H3,(H,23,27). The highest BCUT2D eigenvalue weighted by atomic mass is 19.4. The first-order valence-electron chi connectivity index (χ1n) is 8.36. The maximum absolute atomic E-state index is 12.9. The van der Waals surface area contributed by atoms with Gasteiger partial charge in [0, 0.05) is 6.20 Å². The molecule has 1 aromatic carbocycles. The number of nitrogens with zero attached hydrogens (tertiary/aromatic N) is 3. The summed E-state index contributed by atoms with van der Waals surface area (Å²) >= 11 is 0. The van der Waals surface area contributed by atoms with Crippen molar-refractivity contribution in [3.05, 3.63) is 76.0 Å². The molecule has 6 nitrogen and oxygen atoms in total. The molecule has 0 unspecified atom stereocenters. The molecule has 0 aliphatic rings. The Kier molecular flexibility index (Phi) is 5.08. The molecule has 0 aliphatic carbocycles. The second-order valence-electron chi connectivity index (χ2n) is 6.19. The van der Waals surface area contributed by atoms with Crippen LogP contribution in [0.2, 0.25) is 0 Å². The van der Waals surface area contributed by atoms with Gasteiger partial charge in [-0.05, 0) is 38.1 Å². The van der Waals surface area contributed by atoms with Crippen LogP contribution in [-0.4, -0.2) is 20.3 Å². The van der Waals surface area contributed by atoms with Crippen LogP contribution >= 0.6 is 0 Å². The second-order valence-corrected chi connectivity index (χ2v) is 6.19. The van der Waals surface area contributed by atoms with Crippen molar-refractivity contribution in [2.45, 2.75) is 26.6 Å². The Bertz CT molecular complexity index is 1070. The number of anilines is 1.